The predicted octanol–water partition coefficient (Wildman–Crippen LogP) is 1.03. The van der Waals surface area contributed by atoms with Crippen LogP contribution < -0.4 is 5.32 Å². The molecule has 110 valence electrons. The van der Waals surface area contributed by atoms with Crippen LogP contribution in [0.2, 0.25) is 0 Å². The van der Waals surface area contributed by atoms with Gasteiger partial charge in [-0.25, -0.2) is 0 Å². The summed E-state index contributed by atoms with van der Waals surface area (Å²) >= 11 is 0. The van der Waals surface area contributed by atoms with E-state index < -0.39 is 0 Å². The van der Waals surface area contributed by atoms with Crippen molar-refractivity contribution in [3.05, 3.63) is 0 Å². The van der Waals surface area contributed by atoms with Gasteiger partial charge in [0.1, 0.15) is 0 Å². The molecule has 0 aromatic heterocycles. The summed E-state index contributed by atoms with van der Waals surface area (Å²) in [6.45, 7) is 8.18. The van der Waals surface area contributed by atoms with Gasteiger partial charge in [0.05, 0.1) is 19.6 Å². The van der Waals surface area contributed by atoms with Gasteiger partial charge in [0, 0.05) is 6.04 Å². The van der Waals surface area contributed by atoms with Crippen molar-refractivity contribution in [1.29, 1.82) is 0 Å². The van der Waals surface area contributed by atoms with Crippen molar-refractivity contribution in [3.8, 4) is 0 Å². The molecule has 0 saturated carbocycles. The molecule has 1 rings (SSSR count). The first-order chi connectivity index (χ1) is 8.93. The third-order valence-electron chi connectivity index (χ3n) is 3.88. The van der Waals surface area contributed by atoms with E-state index in [-0.39, 0.29) is 23.8 Å². The van der Waals surface area contributed by atoms with Crippen LogP contribution in [-0.2, 0) is 14.3 Å². The third-order valence-corrected chi connectivity index (χ3v) is 3.88. The molecular formula is C14H26N2O3. The van der Waals surface area contributed by atoms with E-state index in [9.17, 15) is 9.59 Å². The Hall–Kier alpha value is -1.10. The minimum Gasteiger partial charge on any atom is -0.469 e. The summed E-state index contributed by atoms with van der Waals surface area (Å²) in [5.41, 5.74) is 0. The summed E-state index contributed by atoms with van der Waals surface area (Å²) in [4.78, 5) is 25.3. The van der Waals surface area contributed by atoms with E-state index in [4.69, 9.17) is 4.74 Å². The van der Waals surface area contributed by atoms with Crippen LogP contribution >= 0.6 is 0 Å². The summed E-state index contributed by atoms with van der Waals surface area (Å²) < 4.78 is 4.75. The maximum atomic E-state index is 11.9. The Labute approximate surface area is 115 Å². The minimum absolute atomic E-state index is 0.00102. The largest absolute Gasteiger partial charge is 0.469 e. The van der Waals surface area contributed by atoms with Crippen LogP contribution in [0.4, 0.5) is 0 Å². The lowest BCUT2D eigenvalue weighted by Crippen LogP contribution is -2.45. The van der Waals surface area contributed by atoms with Crippen molar-refractivity contribution in [2.45, 2.75) is 39.7 Å². The molecule has 0 radical (unpaired) electrons. The molecular weight excluding hydrogens is 244 g/mol. The van der Waals surface area contributed by atoms with Crippen LogP contribution in [0.1, 0.15) is 33.6 Å². The van der Waals surface area contributed by atoms with E-state index in [0.717, 1.165) is 25.9 Å². The highest BCUT2D eigenvalue weighted by atomic mass is 16.5. The molecule has 1 aliphatic rings. The highest BCUT2D eigenvalue weighted by Crippen LogP contribution is 2.18. The van der Waals surface area contributed by atoms with E-state index in [1.54, 1.807) is 0 Å². The second-order valence-electron chi connectivity index (χ2n) is 5.67. The number of nitrogens with one attached hydrogen (secondary N) is 1. The number of amides is 1. The number of carbonyl (C=O) groups is 2. The fourth-order valence-electron chi connectivity index (χ4n) is 2.16. The average molecular weight is 270 g/mol. The van der Waals surface area contributed by atoms with Gasteiger partial charge in [0.2, 0.25) is 5.91 Å². The number of hydrogen-bond acceptors (Lipinski definition) is 4. The normalized spacial score (nSPS) is 19.2. The second kappa shape index (κ2) is 7.48. The SMILES string of the molecule is COC(=O)C1CCN(CC(=O)NC(C)C(C)C)CC1. The number of ether oxygens (including phenoxy) is 1. The van der Waals surface area contributed by atoms with E-state index >= 15 is 0 Å². The smallest absolute Gasteiger partial charge is 0.308 e. The highest BCUT2D eigenvalue weighted by Gasteiger charge is 2.26. The van der Waals surface area contributed by atoms with Gasteiger partial charge < -0.3 is 10.1 Å². The Morgan fingerprint density at radius 2 is 1.84 bits per heavy atom. The average Bonchev–Trinajstić information content (AvgIpc) is 2.38. The molecule has 0 aliphatic carbocycles. The monoisotopic (exact) mass is 270 g/mol. The summed E-state index contributed by atoms with van der Waals surface area (Å²) in [7, 11) is 1.43. The molecule has 1 atom stereocenters. The standard InChI is InChI=1S/C14H26N2O3/c1-10(2)11(3)15-13(17)9-16-7-5-12(6-8-16)14(18)19-4/h10-12H,5-9H2,1-4H3,(H,15,17). The van der Waals surface area contributed by atoms with Gasteiger partial charge in [0.15, 0.2) is 0 Å². The lowest BCUT2D eigenvalue weighted by Gasteiger charge is -2.30. The molecule has 1 saturated heterocycles. The number of hydrogen-bond donors (Lipinski definition) is 1. The Morgan fingerprint density at radius 3 is 2.32 bits per heavy atom. The lowest BCUT2D eigenvalue weighted by atomic mass is 9.97. The molecule has 1 fully saturated rings. The highest BCUT2D eigenvalue weighted by molar-refractivity contribution is 5.78. The number of carbonyl (C=O) groups excluding carboxylic acids is 2. The van der Waals surface area contributed by atoms with Crippen molar-refractivity contribution in [2.24, 2.45) is 11.8 Å². The molecule has 1 unspecified atom stereocenters. The van der Waals surface area contributed by atoms with Crippen LogP contribution in [0.3, 0.4) is 0 Å². The van der Waals surface area contributed by atoms with Gasteiger partial charge in [-0.1, -0.05) is 13.8 Å². The fourth-order valence-corrected chi connectivity index (χ4v) is 2.16. The van der Waals surface area contributed by atoms with Gasteiger partial charge in [-0.2, -0.15) is 0 Å². The zero-order valence-corrected chi connectivity index (χ0v) is 12.4. The van der Waals surface area contributed by atoms with Crippen LogP contribution in [0.5, 0.6) is 0 Å². The first kappa shape index (κ1) is 16.0. The quantitative estimate of drug-likeness (QED) is 0.758. The molecule has 5 nitrogen and oxygen atoms in total. The van der Waals surface area contributed by atoms with E-state index in [2.05, 4.69) is 24.1 Å². The molecule has 1 aliphatic heterocycles. The van der Waals surface area contributed by atoms with Gasteiger partial charge in [-0.05, 0) is 38.8 Å². The number of likely N-dealkylation sites (tertiary alicyclic amines) is 1. The van der Waals surface area contributed by atoms with Crippen LogP contribution in [0.25, 0.3) is 0 Å². The Bertz CT molecular complexity index is 310. The predicted molar refractivity (Wildman–Crippen MR) is 73.6 cm³/mol. The van der Waals surface area contributed by atoms with Gasteiger partial charge in [-0.3, -0.25) is 14.5 Å². The second-order valence-corrected chi connectivity index (χ2v) is 5.67. The molecule has 1 N–H and O–H groups in total. The van der Waals surface area contributed by atoms with Crippen molar-refractivity contribution in [2.75, 3.05) is 26.7 Å². The molecule has 1 heterocycles. The molecule has 0 spiro atoms. The maximum Gasteiger partial charge on any atom is 0.308 e. The zero-order chi connectivity index (χ0) is 14.4. The number of nitrogens with zero attached hydrogens (tertiary/aromatic N) is 1. The fraction of sp³-hybridized carbons (Fsp3) is 0.857. The summed E-state index contributed by atoms with van der Waals surface area (Å²) in [5, 5.41) is 3.00. The van der Waals surface area contributed by atoms with Crippen LogP contribution in [0.15, 0.2) is 0 Å². The number of methoxy groups -OCH3 is 1. The van der Waals surface area contributed by atoms with E-state index in [1.165, 1.54) is 7.11 Å². The first-order valence-electron chi connectivity index (χ1n) is 7.03. The van der Waals surface area contributed by atoms with E-state index in [1.807, 2.05) is 6.92 Å². The topological polar surface area (TPSA) is 58.6 Å². The zero-order valence-electron chi connectivity index (χ0n) is 12.4. The van der Waals surface area contributed by atoms with Gasteiger partial charge in [0.25, 0.3) is 0 Å². The van der Waals surface area contributed by atoms with Gasteiger partial charge >= 0.3 is 5.97 Å². The maximum absolute atomic E-state index is 11.9. The van der Waals surface area contributed by atoms with Crippen molar-refractivity contribution < 1.29 is 14.3 Å². The van der Waals surface area contributed by atoms with Crippen molar-refractivity contribution >= 4 is 11.9 Å². The number of esters is 1. The Balaban J connectivity index is 2.29. The van der Waals surface area contributed by atoms with Crippen LogP contribution in [-0.4, -0.2) is 49.6 Å². The molecule has 0 bridgehead atoms. The first-order valence-corrected chi connectivity index (χ1v) is 7.03. The van der Waals surface area contributed by atoms with Crippen LogP contribution in [0, 0.1) is 11.8 Å². The molecule has 5 heteroatoms. The summed E-state index contributed by atoms with van der Waals surface area (Å²) in [5.74, 6) is 0.378. The Morgan fingerprint density at radius 1 is 1.26 bits per heavy atom. The molecule has 1 amide bonds. The lowest BCUT2D eigenvalue weighted by molar-refractivity contribution is -0.147. The molecule has 0 aromatic rings. The summed E-state index contributed by atoms with van der Waals surface area (Å²) in [6, 6.07) is 0.195. The van der Waals surface area contributed by atoms with Crippen molar-refractivity contribution in [3.63, 3.8) is 0 Å². The number of rotatable bonds is 5. The Kier molecular flexibility index (Phi) is 6.28. The third kappa shape index (κ3) is 5.19. The molecule has 19 heavy (non-hydrogen) atoms. The van der Waals surface area contributed by atoms with Gasteiger partial charge in [-0.15, -0.1) is 0 Å². The van der Waals surface area contributed by atoms with Crippen molar-refractivity contribution in [1.82, 2.24) is 10.2 Å². The number of piperidine rings is 1. The summed E-state index contributed by atoms with van der Waals surface area (Å²) in [6.07, 6.45) is 1.55. The molecule has 0 aromatic carbocycles. The minimum atomic E-state index is -0.127. The van der Waals surface area contributed by atoms with E-state index in [0.29, 0.717) is 12.5 Å².